The van der Waals surface area contributed by atoms with Crippen molar-refractivity contribution in [3.05, 3.63) is 23.7 Å². The highest BCUT2D eigenvalue weighted by molar-refractivity contribution is 5.17. The van der Waals surface area contributed by atoms with Crippen molar-refractivity contribution in [1.82, 2.24) is 10.2 Å². The molecular formula is C16H28N2O. The van der Waals surface area contributed by atoms with Crippen molar-refractivity contribution in [3.63, 3.8) is 0 Å². The third-order valence-corrected chi connectivity index (χ3v) is 3.99. The molecule has 0 spiro atoms. The Balaban J connectivity index is 1.87. The SMILES string of the molecule is CC(C)CNCc1occc1CN1CCCCC1C. The summed E-state index contributed by atoms with van der Waals surface area (Å²) >= 11 is 0. The van der Waals surface area contributed by atoms with Gasteiger partial charge in [-0.1, -0.05) is 20.3 Å². The molecule has 0 amide bonds. The van der Waals surface area contributed by atoms with Crippen LogP contribution in [0, 0.1) is 5.92 Å². The molecule has 1 aromatic heterocycles. The number of hydrogen-bond donors (Lipinski definition) is 1. The lowest BCUT2D eigenvalue weighted by molar-refractivity contribution is 0.151. The minimum Gasteiger partial charge on any atom is -0.468 e. The molecule has 1 aromatic rings. The van der Waals surface area contributed by atoms with E-state index in [1.165, 1.54) is 31.4 Å². The number of hydrogen-bond acceptors (Lipinski definition) is 3. The second-order valence-electron chi connectivity index (χ2n) is 6.21. The van der Waals surface area contributed by atoms with Gasteiger partial charge in [0.05, 0.1) is 12.8 Å². The molecule has 1 aliphatic rings. The van der Waals surface area contributed by atoms with Gasteiger partial charge in [-0.05, 0) is 44.8 Å². The Kier molecular flexibility index (Phi) is 5.46. The van der Waals surface area contributed by atoms with Crippen LogP contribution in [-0.2, 0) is 13.1 Å². The van der Waals surface area contributed by atoms with E-state index in [1.54, 1.807) is 0 Å². The average Bonchev–Trinajstić information content (AvgIpc) is 2.79. The van der Waals surface area contributed by atoms with E-state index >= 15 is 0 Å². The summed E-state index contributed by atoms with van der Waals surface area (Å²) in [6, 6.07) is 2.84. The minimum absolute atomic E-state index is 0.681. The van der Waals surface area contributed by atoms with Gasteiger partial charge in [-0.3, -0.25) is 4.90 Å². The van der Waals surface area contributed by atoms with Crippen LogP contribution < -0.4 is 5.32 Å². The maximum Gasteiger partial charge on any atom is 0.122 e. The predicted octanol–water partition coefficient (Wildman–Crippen LogP) is 3.40. The molecule has 108 valence electrons. The second kappa shape index (κ2) is 7.11. The molecule has 19 heavy (non-hydrogen) atoms. The zero-order valence-electron chi connectivity index (χ0n) is 12.6. The van der Waals surface area contributed by atoms with E-state index in [0.717, 1.165) is 25.4 Å². The van der Waals surface area contributed by atoms with Crippen molar-refractivity contribution < 1.29 is 4.42 Å². The Morgan fingerprint density at radius 2 is 2.26 bits per heavy atom. The average molecular weight is 264 g/mol. The van der Waals surface area contributed by atoms with Gasteiger partial charge in [0, 0.05) is 18.2 Å². The summed E-state index contributed by atoms with van der Waals surface area (Å²) < 4.78 is 5.63. The molecule has 2 rings (SSSR count). The Morgan fingerprint density at radius 3 is 3.00 bits per heavy atom. The molecule has 1 unspecified atom stereocenters. The van der Waals surface area contributed by atoms with Crippen LogP contribution in [0.1, 0.15) is 51.4 Å². The van der Waals surface area contributed by atoms with Crippen LogP contribution in [0.2, 0.25) is 0 Å². The summed E-state index contributed by atoms with van der Waals surface area (Å²) in [4.78, 5) is 2.58. The normalized spacial score (nSPS) is 21.2. The zero-order valence-corrected chi connectivity index (χ0v) is 12.6. The molecule has 1 fully saturated rings. The van der Waals surface area contributed by atoms with Crippen molar-refractivity contribution in [3.8, 4) is 0 Å². The van der Waals surface area contributed by atoms with Gasteiger partial charge >= 0.3 is 0 Å². The van der Waals surface area contributed by atoms with Gasteiger partial charge in [-0.15, -0.1) is 0 Å². The van der Waals surface area contributed by atoms with Gasteiger partial charge in [0.2, 0.25) is 0 Å². The molecule has 3 nitrogen and oxygen atoms in total. The topological polar surface area (TPSA) is 28.4 Å². The van der Waals surface area contributed by atoms with Crippen LogP contribution >= 0.6 is 0 Å². The van der Waals surface area contributed by atoms with E-state index < -0.39 is 0 Å². The van der Waals surface area contributed by atoms with Crippen LogP contribution in [0.15, 0.2) is 16.7 Å². The Bertz CT molecular complexity index is 373. The van der Waals surface area contributed by atoms with Gasteiger partial charge in [0.25, 0.3) is 0 Å². The van der Waals surface area contributed by atoms with E-state index in [4.69, 9.17) is 4.42 Å². The van der Waals surface area contributed by atoms with Crippen molar-refractivity contribution in [2.24, 2.45) is 5.92 Å². The summed E-state index contributed by atoms with van der Waals surface area (Å²) in [5.74, 6) is 1.79. The minimum atomic E-state index is 0.681. The van der Waals surface area contributed by atoms with Gasteiger partial charge < -0.3 is 9.73 Å². The van der Waals surface area contributed by atoms with E-state index in [1.807, 2.05) is 6.26 Å². The monoisotopic (exact) mass is 264 g/mol. The number of nitrogens with one attached hydrogen (secondary N) is 1. The molecular weight excluding hydrogens is 236 g/mol. The fourth-order valence-corrected chi connectivity index (χ4v) is 2.75. The second-order valence-corrected chi connectivity index (χ2v) is 6.21. The first-order valence-electron chi connectivity index (χ1n) is 7.67. The molecule has 0 bridgehead atoms. The number of nitrogens with zero attached hydrogens (tertiary/aromatic N) is 1. The first kappa shape index (κ1) is 14.6. The van der Waals surface area contributed by atoms with Crippen molar-refractivity contribution in [2.75, 3.05) is 13.1 Å². The molecule has 2 heterocycles. The lowest BCUT2D eigenvalue weighted by Gasteiger charge is -2.33. The summed E-state index contributed by atoms with van der Waals surface area (Å²) in [6.07, 6.45) is 5.88. The highest BCUT2D eigenvalue weighted by Gasteiger charge is 2.20. The number of piperidine rings is 1. The maximum absolute atomic E-state index is 5.63. The third kappa shape index (κ3) is 4.36. The largest absolute Gasteiger partial charge is 0.468 e. The Hall–Kier alpha value is -0.800. The lowest BCUT2D eigenvalue weighted by Crippen LogP contribution is -2.37. The number of rotatable bonds is 6. The molecule has 0 aliphatic carbocycles. The van der Waals surface area contributed by atoms with Crippen LogP contribution in [0.25, 0.3) is 0 Å². The quantitative estimate of drug-likeness (QED) is 0.853. The fourth-order valence-electron chi connectivity index (χ4n) is 2.75. The molecule has 3 heteroatoms. The third-order valence-electron chi connectivity index (χ3n) is 3.99. The molecule has 1 atom stereocenters. The number of likely N-dealkylation sites (tertiary alicyclic amines) is 1. The van der Waals surface area contributed by atoms with Gasteiger partial charge in [-0.2, -0.15) is 0 Å². The van der Waals surface area contributed by atoms with Gasteiger partial charge in [0.1, 0.15) is 5.76 Å². The van der Waals surface area contributed by atoms with Gasteiger partial charge in [0.15, 0.2) is 0 Å². The van der Waals surface area contributed by atoms with Crippen molar-refractivity contribution >= 4 is 0 Å². The maximum atomic E-state index is 5.63. The fraction of sp³-hybridized carbons (Fsp3) is 0.750. The van der Waals surface area contributed by atoms with E-state index in [-0.39, 0.29) is 0 Å². The summed E-state index contributed by atoms with van der Waals surface area (Å²) in [5, 5.41) is 3.46. The molecule has 1 aliphatic heterocycles. The van der Waals surface area contributed by atoms with Gasteiger partial charge in [-0.25, -0.2) is 0 Å². The lowest BCUT2D eigenvalue weighted by atomic mass is 10.0. The summed E-state index contributed by atoms with van der Waals surface area (Å²) in [7, 11) is 0. The number of furan rings is 1. The zero-order chi connectivity index (χ0) is 13.7. The first-order chi connectivity index (χ1) is 9.16. The molecule has 1 saturated heterocycles. The summed E-state index contributed by atoms with van der Waals surface area (Å²) in [6.45, 7) is 11.0. The Morgan fingerprint density at radius 1 is 1.42 bits per heavy atom. The molecule has 1 N–H and O–H groups in total. The predicted molar refractivity (Wildman–Crippen MR) is 79.0 cm³/mol. The summed E-state index contributed by atoms with van der Waals surface area (Å²) in [5.41, 5.74) is 1.35. The van der Waals surface area contributed by atoms with Crippen LogP contribution in [0.4, 0.5) is 0 Å². The highest BCUT2D eigenvalue weighted by atomic mass is 16.3. The van der Waals surface area contributed by atoms with Crippen LogP contribution in [0.5, 0.6) is 0 Å². The van der Waals surface area contributed by atoms with Crippen molar-refractivity contribution in [2.45, 2.75) is 59.2 Å². The first-order valence-corrected chi connectivity index (χ1v) is 7.67. The van der Waals surface area contributed by atoms with Crippen molar-refractivity contribution in [1.29, 1.82) is 0 Å². The molecule has 0 radical (unpaired) electrons. The molecule has 0 saturated carbocycles. The van der Waals surface area contributed by atoms with E-state index in [2.05, 4.69) is 37.1 Å². The van der Waals surface area contributed by atoms with E-state index in [0.29, 0.717) is 12.0 Å². The highest BCUT2D eigenvalue weighted by Crippen LogP contribution is 2.21. The van der Waals surface area contributed by atoms with E-state index in [9.17, 15) is 0 Å². The Labute approximate surface area is 117 Å². The van der Waals surface area contributed by atoms with Crippen LogP contribution in [0.3, 0.4) is 0 Å². The smallest absolute Gasteiger partial charge is 0.122 e. The molecule has 0 aromatic carbocycles. The standard InChI is InChI=1S/C16H28N2O/c1-13(2)10-17-11-16-15(7-9-19-16)12-18-8-5-4-6-14(18)3/h7,9,13-14,17H,4-6,8,10-12H2,1-3H3. The van der Waals surface area contributed by atoms with Crippen LogP contribution in [-0.4, -0.2) is 24.0 Å².